The molecule has 0 N–H and O–H groups in total. The van der Waals surface area contributed by atoms with Gasteiger partial charge in [0.2, 0.25) is 5.91 Å². The van der Waals surface area contributed by atoms with E-state index in [2.05, 4.69) is 20.9 Å². The van der Waals surface area contributed by atoms with Gasteiger partial charge >= 0.3 is 10.2 Å². The maximum absolute atomic E-state index is 12.9. The lowest BCUT2D eigenvalue weighted by atomic mass is 10.3. The van der Waals surface area contributed by atoms with Crippen LogP contribution in [0.25, 0.3) is 0 Å². The average Bonchev–Trinajstić information content (AvgIpc) is 2.64. The second-order valence-corrected chi connectivity index (χ2v) is 6.51. The third-order valence-corrected chi connectivity index (χ3v) is 4.33. The average molecular weight is 337 g/mol. The van der Waals surface area contributed by atoms with Crippen LogP contribution in [0.1, 0.15) is 12.0 Å². The van der Waals surface area contributed by atoms with Crippen molar-refractivity contribution in [1.82, 2.24) is 4.98 Å². The Morgan fingerprint density at radius 1 is 1.50 bits per heavy atom. The first kappa shape index (κ1) is 13.4. The van der Waals surface area contributed by atoms with Crippen LogP contribution in [0.5, 0.6) is 0 Å². The number of aromatic nitrogens is 1. The molecular formula is C10H10BrFN2O3S. The van der Waals surface area contributed by atoms with Gasteiger partial charge in [-0.05, 0) is 34.5 Å². The monoisotopic (exact) mass is 336 g/mol. The Kier molecular flexibility index (Phi) is 3.41. The van der Waals surface area contributed by atoms with E-state index in [9.17, 15) is 17.1 Å². The summed E-state index contributed by atoms with van der Waals surface area (Å²) >= 11 is 3.18. The van der Waals surface area contributed by atoms with Gasteiger partial charge in [-0.1, -0.05) is 6.07 Å². The molecule has 1 amide bonds. The maximum Gasteiger partial charge on any atom is 0.307 e. The van der Waals surface area contributed by atoms with E-state index in [1.165, 1.54) is 4.90 Å². The molecule has 1 fully saturated rings. The fourth-order valence-corrected chi connectivity index (χ4v) is 2.81. The third kappa shape index (κ3) is 2.54. The minimum Gasteiger partial charge on any atom is -0.295 e. The summed E-state index contributed by atoms with van der Waals surface area (Å²) in [6.45, 7) is 1.56. The van der Waals surface area contributed by atoms with Crippen molar-refractivity contribution in [3.63, 3.8) is 0 Å². The molecule has 2 rings (SSSR count). The number of nitrogens with zero attached hydrogens (tertiary/aromatic N) is 2. The molecule has 98 valence electrons. The van der Waals surface area contributed by atoms with Crippen molar-refractivity contribution in [1.29, 1.82) is 0 Å². The smallest absolute Gasteiger partial charge is 0.295 e. The Morgan fingerprint density at radius 2 is 2.17 bits per heavy atom. The summed E-state index contributed by atoms with van der Waals surface area (Å²) in [6, 6.07) is 3.46. The summed E-state index contributed by atoms with van der Waals surface area (Å²) in [6.07, 6.45) is -0.341. The zero-order valence-electron chi connectivity index (χ0n) is 9.43. The van der Waals surface area contributed by atoms with Crippen LogP contribution in [0.2, 0.25) is 0 Å². The minimum absolute atomic E-state index is 0.193. The molecule has 0 saturated carbocycles. The summed E-state index contributed by atoms with van der Waals surface area (Å²) in [5.74, 6) is -0.0737. The molecule has 1 saturated heterocycles. The molecule has 0 radical (unpaired) electrons. The topological polar surface area (TPSA) is 67.3 Å². The van der Waals surface area contributed by atoms with Crippen molar-refractivity contribution in [3.05, 3.63) is 22.3 Å². The fourth-order valence-electron chi connectivity index (χ4n) is 1.84. The Labute approximate surface area is 112 Å². The van der Waals surface area contributed by atoms with Gasteiger partial charge in [0.15, 0.2) is 0 Å². The summed E-state index contributed by atoms with van der Waals surface area (Å²) < 4.78 is 35.1. The maximum atomic E-state index is 12.9. The van der Waals surface area contributed by atoms with Gasteiger partial charge in [-0.2, -0.15) is 8.42 Å². The lowest BCUT2D eigenvalue weighted by molar-refractivity contribution is -0.117. The van der Waals surface area contributed by atoms with Crippen LogP contribution in [0.15, 0.2) is 16.7 Å². The Hall–Kier alpha value is -1.02. The van der Waals surface area contributed by atoms with Crippen LogP contribution >= 0.6 is 15.9 Å². The molecule has 2 heterocycles. The van der Waals surface area contributed by atoms with Crippen molar-refractivity contribution in [3.8, 4) is 0 Å². The summed E-state index contributed by atoms with van der Waals surface area (Å²) in [5, 5.41) is -1.30. The molecule has 0 aliphatic carbocycles. The van der Waals surface area contributed by atoms with Crippen molar-refractivity contribution >= 4 is 37.9 Å². The van der Waals surface area contributed by atoms with E-state index in [0.717, 1.165) is 5.56 Å². The zero-order chi connectivity index (χ0) is 13.5. The van der Waals surface area contributed by atoms with Gasteiger partial charge in [-0.25, -0.2) is 4.98 Å². The fraction of sp³-hybridized carbons (Fsp3) is 0.400. The third-order valence-electron chi connectivity index (χ3n) is 2.78. The number of halogens is 2. The first-order chi connectivity index (χ1) is 8.29. The van der Waals surface area contributed by atoms with Gasteiger partial charge < -0.3 is 0 Å². The standard InChI is InChI=1S/C10H10BrFN2O3S/c1-6-2-3-8(11)13-10(6)14-5-7(4-9(14)15)18(12,16)17/h2-3,7H,4-5H2,1H3. The van der Waals surface area contributed by atoms with Gasteiger partial charge in [0, 0.05) is 13.0 Å². The first-order valence-electron chi connectivity index (χ1n) is 5.16. The van der Waals surface area contributed by atoms with Crippen LogP contribution < -0.4 is 4.90 Å². The number of anilines is 1. The second kappa shape index (κ2) is 4.58. The summed E-state index contributed by atoms with van der Waals surface area (Å²) in [7, 11) is -4.70. The molecular weight excluding hydrogens is 327 g/mol. The normalized spacial score (nSPS) is 20.5. The van der Waals surface area contributed by atoms with Gasteiger partial charge in [0.1, 0.15) is 15.7 Å². The summed E-state index contributed by atoms with van der Waals surface area (Å²) in [4.78, 5) is 17.1. The second-order valence-electron chi connectivity index (χ2n) is 4.08. The lowest BCUT2D eigenvalue weighted by Gasteiger charge is -2.17. The quantitative estimate of drug-likeness (QED) is 0.607. The molecule has 18 heavy (non-hydrogen) atoms. The first-order valence-corrected chi connectivity index (χ1v) is 7.40. The Morgan fingerprint density at radius 3 is 2.72 bits per heavy atom. The van der Waals surface area contributed by atoms with Crippen molar-refractivity contribution in [2.75, 3.05) is 11.4 Å². The van der Waals surface area contributed by atoms with Crippen molar-refractivity contribution in [2.24, 2.45) is 0 Å². The predicted octanol–water partition coefficient (Wildman–Crippen LogP) is 1.56. The zero-order valence-corrected chi connectivity index (χ0v) is 11.8. The predicted molar refractivity (Wildman–Crippen MR) is 67.5 cm³/mol. The number of aryl methyl sites for hydroxylation is 1. The Bertz CT molecular complexity index is 605. The molecule has 1 unspecified atom stereocenters. The molecule has 1 aromatic heterocycles. The van der Waals surface area contributed by atoms with Gasteiger partial charge in [0.05, 0.1) is 0 Å². The number of rotatable bonds is 2. The molecule has 1 aliphatic heterocycles. The molecule has 1 aromatic rings. The molecule has 1 atom stereocenters. The number of hydrogen-bond acceptors (Lipinski definition) is 4. The van der Waals surface area contributed by atoms with E-state index < -0.39 is 21.4 Å². The largest absolute Gasteiger partial charge is 0.307 e. The highest BCUT2D eigenvalue weighted by atomic mass is 79.9. The molecule has 1 aliphatic rings. The number of carbonyl (C=O) groups excluding carboxylic acids is 1. The van der Waals surface area contributed by atoms with Crippen LogP contribution in [-0.4, -0.2) is 31.1 Å². The number of carbonyl (C=O) groups is 1. The van der Waals surface area contributed by atoms with E-state index in [1.807, 2.05) is 0 Å². The number of amides is 1. The summed E-state index contributed by atoms with van der Waals surface area (Å²) in [5.41, 5.74) is 0.725. The molecule has 8 heteroatoms. The highest BCUT2D eigenvalue weighted by Gasteiger charge is 2.40. The number of pyridine rings is 1. The number of hydrogen-bond donors (Lipinski definition) is 0. The van der Waals surface area contributed by atoms with Crippen molar-refractivity contribution in [2.45, 2.75) is 18.6 Å². The highest BCUT2D eigenvalue weighted by Crippen LogP contribution is 2.27. The Balaban J connectivity index is 2.35. The van der Waals surface area contributed by atoms with Crippen LogP contribution in [0.3, 0.4) is 0 Å². The van der Waals surface area contributed by atoms with E-state index in [0.29, 0.717) is 10.4 Å². The van der Waals surface area contributed by atoms with Crippen LogP contribution in [-0.2, 0) is 15.0 Å². The molecule has 0 bridgehead atoms. The van der Waals surface area contributed by atoms with E-state index in [1.54, 1.807) is 19.1 Å². The van der Waals surface area contributed by atoms with Gasteiger partial charge in [0.25, 0.3) is 0 Å². The highest BCUT2D eigenvalue weighted by molar-refractivity contribution is 9.10. The van der Waals surface area contributed by atoms with E-state index >= 15 is 0 Å². The lowest BCUT2D eigenvalue weighted by Crippen LogP contribution is -2.28. The molecule has 0 aromatic carbocycles. The SMILES string of the molecule is Cc1ccc(Br)nc1N1CC(S(=O)(=O)F)CC1=O. The minimum atomic E-state index is -4.70. The molecule has 0 spiro atoms. The van der Waals surface area contributed by atoms with Gasteiger partial charge in [-0.15, -0.1) is 3.89 Å². The van der Waals surface area contributed by atoms with E-state index in [-0.39, 0.29) is 13.0 Å². The van der Waals surface area contributed by atoms with Crippen molar-refractivity contribution < 1.29 is 17.1 Å². The van der Waals surface area contributed by atoms with Gasteiger partial charge in [-0.3, -0.25) is 9.69 Å². The van der Waals surface area contributed by atoms with Crippen LogP contribution in [0, 0.1) is 6.92 Å². The van der Waals surface area contributed by atoms with E-state index in [4.69, 9.17) is 0 Å². The molecule has 5 nitrogen and oxygen atoms in total. The van der Waals surface area contributed by atoms with Crippen LogP contribution in [0.4, 0.5) is 9.70 Å².